The molecule has 92 valence electrons. The maximum Gasteiger partial charge on any atom is 0.192 e. The largest absolute Gasteiger partial charge is 0.411 e. The van der Waals surface area contributed by atoms with Crippen LogP contribution in [0.1, 0.15) is 34.1 Å². The van der Waals surface area contributed by atoms with Crippen molar-refractivity contribution in [3.8, 4) is 0 Å². The molecule has 0 radical (unpaired) electrons. The summed E-state index contributed by atoms with van der Waals surface area (Å²) in [5.41, 5.74) is 0. The van der Waals surface area contributed by atoms with Crippen molar-refractivity contribution in [2.45, 2.75) is 64.5 Å². The Morgan fingerprint density at radius 2 is 1.73 bits per heavy atom. The lowest BCUT2D eigenvalue weighted by Gasteiger charge is -2.40. The van der Waals surface area contributed by atoms with Gasteiger partial charge in [-0.1, -0.05) is 20.8 Å². The second kappa shape index (κ2) is 5.43. The van der Waals surface area contributed by atoms with Crippen LogP contribution >= 0.6 is 0 Å². The minimum Gasteiger partial charge on any atom is -0.411 e. The molecular formula is C11H26O3Si. The van der Waals surface area contributed by atoms with E-state index in [0.717, 1.165) is 0 Å². The molecule has 0 aliphatic rings. The molecule has 0 aromatic carbocycles. The van der Waals surface area contributed by atoms with E-state index < -0.39 is 14.4 Å². The second-order valence-corrected chi connectivity index (χ2v) is 10.4. The average Bonchev–Trinajstić information content (AvgIpc) is 2.00. The molecule has 0 aliphatic heterocycles. The summed E-state index contributed by atoms with van der Waals surface area (Å²) in [6.07, 6.45) is -0.258. The molecule has 0 bridgehead atoms. The molecular weight excluding hydrogens is 208 g/mol. The van der Waals surface area contributed by atoms with Crippen LogP contribution in [-0.4, -0.2) is 37.3 Å². The quantitative estimate of drug-likeness (QED) is 0.717. The summed E-state index contributed by atoms with van der Waals surface area (Å²) < 4.78 is 6.03. The number of rotatable bonds is 5. The minimum atomic E-state index is -1.84. The Hall–Kier alpha value is 0.0969. The Morgan fingerprint density at radius 3 is 2.00 bits per heavy atom. The standard InChI is InChI=1S/C11H26O3Si/c1-9(13)10(7-8-12)14-15(5,6)11(2,3)4/h9-10,12-13H,7-8H2,1-6H3/t9?,10-/m0/s1. The van der Waals surface area contributed by atoms with Crippen molar-refractivity contribution in [2.75, 3.05) is 6.61 Å². The molecule has 0 aromatic rings. The SMILES string of the molecule is CC(O)[C@H](CCO)O[Si](C)(C)C(C)(C)C. The molecule has 0 aromatic heterocycles. The van der Waals surface area contributed by atoms with Gasteiger partial charge in [-0.25, -0.2) is 0 Å². The monoisotopic (exact) mass is 234 g/mol. The predicted molar refractivity (Wildman–Crippen MR) is 65.5 cm³/mol. The first-order valence-electron chi connectivity index (χ1n) is 5.58. The molecule has 0 saturated heterocycles. The van der Waals surface area contributed by atoms with Crippen LogP contribution in [0.4, 0.5) is 0 Å². The number of aliphatic hydroxyl groups excluding tert-OH is 2. The average molecular weight is 234 g/mol. The predicted octanol–water partition coefficient (Wildman–Crippen LogP) is 2.14. The van der Waals surface area contributed by atoms with Gasteiger partial charge in [0.15, 0.2) is 8.32 Å². The van der Waals surface area contributed by atoms with Gasteiger partial charge >= 0.3 is 0 Å². The zero-order valence-corrected chi connectivity index (χ0v) is 11.9. The molecule has 0 aliphatic carbocycles. The van der Waals surface area contributed by atoms with Crippen LogP contribution in [0.25, 0.3) is 0 Å². The highest BCUT2D eigenvalue weighted by Crippen LogP contribution is 2.37. The van der Waals surface area contributed by atoms with Crippen LogP contribution in [0.15, 0.2) is 0 Å². The van der Waals surface area contributed by atoms with Crippen LogP contribution in [0.5, 0.6) is 0 Å². The Kier molecular flexibility index (Phi) is 5.47. The maximum atomic E-state index is 9.56. The number of hydrogen-bond acceptors (Lipinski definition) is 3. The highest BCUT2D eigenvalue weighted by molar-refractivity contribution is 6.74. The Morgan fingerprint density at radius 1 is 1.27 bits per heavy atom. The molecule has 0 rings (SSSR count). The van der Waals surface area contributed by atoms with Crippen molar-refractivity contribution in [2.24, 2.45) is 0 Å². The third kappa shape index (κ3) is 4.63. The van der Waals surface area contributed by atoms with E-state index in [9.17, 15) is 5.11 Å². The lowest BCUT2D eigenvalue weighted by Crippen LogP contribution is -2.46. The third-order valence-electron chi connectivity index (χ3n) is 3.20. The third-order valence-corrected chi connectivity index (χ3v) is 7.71. The van der Waals surface area contributed by atoms with E-state index in [4.69, 9.17) is 9.53 Å². The summed E-state index contributed by atoms with van der Waals surface area (Å²) >= 11 is 0. The van der Waals surface area contributed by atoms with E-state index in [1.165, 1.54) is 0 Å². The molecule has 0 fully saturated rings. The van der Waals surface area contributed by atoms with Gasteiger partial charge in [0.1, 0.15) is 0 Å². The molecule has 0 amide bonds. The number of hydrogen-bond donors (Lipinski definition) is 2. The van der Waals surface area contributed by atoms with Crippen LogP contribution in [0, 0.1) is 0 Å². The van der Waals surface area contributed by atoms with Crippen molar-refractivity contribution < 1.29 is 14.6 Å². The van der Waals surface area contributed by atoms with Crippen LogP contribution in [-0.2, 0) is 4.43 Å². The van der Waals surface area contributed by atoms with Crippen LogP contribution in [0.3, 0.4) is 0 Å². The number of aliphatic hydroxyl groups is 2. The first-order valence-corrected chi connectivity index (χ1v) is 8.49. The molecule has 15 heavy (non-hydrogen) atoms. The molecule has 3 nitrogen and oxygen atoms in total. The van der Waals surface area contributed by atoms with Crippen molar-refractivity contribution in [1.29, 1.82) is 0 Å². The van der Waals surface area contributed by atoms with E-state index in [1.54, 1.807) is 6.92 Å². The van der Waals surface area contributed by atoms with Crippen molar-refractivity contribution >= 4 is 8.32 Å². The van der Waals surface area contributed by atoms with E-state index in [1.807, 2.05) is 0 Å². The Labute approximate surface area is 94.6 Å². The lowest BCUT2D eigenvalue weighted by molar-refractivity contribution is 0.0240. The fourth-order valence-corrected chi connectivity index (χ4v) is 2.51. The summed E-state index contributed by atoms with van der Waals surface area (Å²) in [4.78, 5) is 0. The van der Waals surface area contributed by atoms with Gasteiger partial charge in [-0.2, -0.15) is 0 Å². The van der Waals surface area contributed by atoms with E-state index in [0.29, 0.717) is 6.42 Å². The second-order valence-electron chi connectivity index (χ2n) is 5.67. The van der Waals surface area contributed by atoms with Crippen molar-refractivity contribution in [1.82, 2.24) is 0 Å². The molecule has 4 heteroatoms. The van der Waals surface area contributed by atoms with Crippen molar-refractivity contribution in [3.05, 3.63) is 0 Å². The molecule has 0 heterocycles. The zero-order chi connectivity index (χ0) is 12.3. The molecule has 2 N–H and O–H groups in total. The van der Waals surface area contributed by atoms with Gasteiger partial charge in [0.05, 0.1) is 12.2 Å². The first kappa shape index (κ1) is 15.1. The molecule has 0 saturated carbocycles. The summed E-state index contributed by atoms with van der Waals surface area (Å²) in [5.74, 6) is 0. The summed E-state index contributed by atoms with van der Waals surface area (Å²) in [5, 5.41) is 18.6. The zero-order valence-electron chi connectivity index (χ0n) is 10.9. The Bertz CT molecular complexity index is 185. The van der Waals surface area contributed by atoms with E-state index >= 15 is 0 Å². The minimum absolute atomic E-state index is 0.0597. The van der Waals surface area contributed by atoms with Gasteiger partial charge in [-0.3, -0.25) is 0 Å². The normalized spacial score (nSPS) is 17.6. The maximum absolute atomic E-state index is 9.56. The Balaban J connectivity index is 4.52. The molecule has 1 unspecified atom stereocenters. The summed E-state index contributed by atoms with van der Waals surface area (Å²) in [6, 6.07) is 0. The lowest BCUT2D eigenvalue weighted by atomic mass is 10.2. The van der Waals surface area contributed by atoms with E-state index in [-0.39, 0.29) is 17.7 Å². The fraction of sp³-hybridized carbons (Fsp3) is 1.00. The highest BCUT2D eigenvalue weighted by Gasteiger charge is 2.39. The van der Waals surface area contributed by atoms with Gasteiger partial charge in [0, 0.05) is 6.61 Å². The van der Waals surface area contributed by atoms with Gasteiger partial charge < -0.3 is 14.6 Å². The molecule has 2 atom stereocenters. The van der Waals surface area contributed by atoms with Crippen molar-refractivity contribution in [3.63, 3.8) is 0 Å². The van der Waals surface area contributed by atoms with Gasteiger partial charge in [0.2, 0.25) is 0 Å². The van der Waals surface area contributed by atoms with E-state index in [2.05, 4.69) is 33.9 Å². The molecule has 0 spiro atoms. The first-order chi connectivity index (χ1) is 6.62. The van der Waals surface area contributed by atoms with Gasteiger partial charge in [-0.05, 0) is 31.5 Å². The smallest absolute Gasteiger partial charge is 0.192 e. The topological polar surface area (TPSA) is 49.7 Å². The van der Waals surface area contributed by atoms with Gasteiger partial charge in [-0.15, -0.1) is 0 Å². The summed E-state index contributed by atoms with van der Waals surface area (Å²) in [7, 11) is -1.84. The van der Waals surface area contributed by atoms with Crippen LogP contribution in [0.2, 0.25) is 18.1 Å². The van der Waals surface area contributed by atoms with Crippen LogP contribution < -0.4 is 0 Å². The fourth-order valence-electron chi connectivity index (χ4n) is 1.08. The highest BCUT2D eigenvalue weighted by atomic mass is 28.4. The summed E-state index contributed by atoms with van der Waals surface area (Å²) in [6.45, 7) is 12.6. The van der Waals surface area contributed by atoms with Gasteiger partial charge in [0.25, 0.3) is 0 Å².